The molecular weight excluding hydrogens is 327 g/mol. The fourth-order valence-corrected chi connectivity index (χ4v) is 3.85. The Hall–Kier alpha value is -1.13. The first-order valence-corrected chi connectivity index (χ1v) is 8.88. The van der Waals surface area contributed by atoms with Crippen molar-refractivity contribution in [2.75, 3.05) is 26.2 Å². The first-order chi connectivity index (χ1) is 11.1. The van der Waals surface area contributed by atoms with Crippen LogP contribution >= 0.6 is 12.4 Å². The van der Waals surface area contributed by atoms with E-state index in [1.54, 1.807) is 6.07 Å². The van der Waals surface area contributed by atoms with E-state index in [1.165, 1.54) is 12.5 Å². The summed E-state index contributed by atoms with van der Waals surface area (Å²) < 4.78 is 13.7. The van der Waals surface area contributed by atoms with Gasteiger partial charge in [-0.25, -0.2) is 4.39 Å². The zero-order chi connectivity index (χ0) is 16.2. The topological polar surface area (TPSA) is 23.6 Å². The van der Waals surface area contributed by atoms with E-state index >= 15 is 0 Å². The van der Waals surface area contributed by atoms with Gasteiger partial charge in [0.1, 0.15) is 5.82 Å². The number of amides is 1. The van der Waals surface area contributed by atoms with Crippen molar-refractivity contribution < 1.29 is 9.18 Å². The smallest absolute Gasteiger partial charge is 0.225 e. The Morgan fingerprint density at radius 2 is 1.88 bits per heavy atom. The van der Waals surface area contributed by atoms with E-state index in [0.717, 1.165) is 51.0 Å². The van der Waals surface area contributed by atoms with Crippen LogP contribution in [-0.4, -0.2) is 41.9 Å². The van der Waals surface area contributed by atoms with Gasteiger partial charge in [0, 0.05) is 31.1 Å². The molecule has 3 nitrogen and oxygen atoms in total. The van der Waals surface area contributed by atoms with Crippen LogP contribution in [0.15, 0.2) is 24.3 Å². The highest BCUT2D eigenvalue weighted by atomic mass is 35.5. The lowest BCUT2D eigenvalue weighted by Crippen LogP contribution is -2.45. The number of halogens is 2. The maximum absolute atomic E-state index is 13.7. The zero-order valence-electron chi connectivity index (χ0n) is 14.4. The van der Waals surface area contributed by atoms with Crippen molar-refractivity contribution in [3.63, 3.8) is 0 Å². The van der Waals surface area contributed by atoms with Crippen LogP contribution in [0, 0.1) is 17.7 Å². The lowest BCUT2D eigenvalue weighted by molar-refractivity contribution is -0.138. The van der Waals surface area contributed by atoms with Gasteiger partial charge in [-0.2, -0.15) is 0 Å². The molecule has 0 bridgehead atoms. The minimum atomic E-state index is -0.131. The Morgan fingerprint density at radius 3 is 2.54 bits per heavy atom. The van der Waals surface area contributed by atoms with Gasteiger partial charge in [-0.15, -0.1) is 12.4 Å². The molecule has 2 fully saturated rings. The average molecular weight is 355 g/mol. The average Bonchev–Trinajstić information content (AvgIpc) is 2.57. The lowest BCUT2D eigenvalue weighted by atomic mass is 9.92. The van der Waals surface area contributed by atoms with Gasteiger partial charge in [0.05, 0.1) is 0 Å². The molecule has 0 aromatic heterocycles. The predicted molar refractivity (Wildman–Crippen MR) is 96.6 cm³/mol. The molecule has 0 radical (unpaired) electrons. The first-order valence-electron chi connectivity index (χ1n) is 8.88. The van der Waals surface area contributed by atoms with Crippen molar-refractivity contribution in [1.29, 1.82) is 0 Å². The zero-order valence-corrected chi connectivity index (χ0v) is 15.2. The molecule has 24 heavy (non-hydrogen) atoms. The fraction of sp³-hybridized carbons (Fsp3) is 0.632. The minimum absolute atomic E-state index is 0. The highest BCUT2D eigenvalue weighted by molar-refractivity contribution is 5.85. The van der Waals surface area contributed by atoms with Gasteiger partial charge in [0.2, 0.25) is 5.91 Å². The molecule has 2 aliphatic rings. The summed E-state index contributed by atoms with van der Waals surface area (Å²) in [5, 5.41) is 0. The molecule has 0 aliphatic carbocycles. The van der Waals surface area contributed by atoms with Crippen molar-refractivity contribution in [3.8, 4) is 0 Å². The lowest BCUT2D eigenvalue weighted by Gasteiger charge is -2.37. The van der Waals surface area contributed by atoms with E-state index in [1.807, 2.05) is 12.1 Å². The van der Waals surface area contributed by atoms with Crippen LogP contribution in [0.5, 0.6) is 0 Å². The summed E-state index contributed by atoms with van der Waals surface area (Å²) in [6.45, 7) is 6.50. The number of hydrogen-bond acceptors (Lipinski definition) is 2. The molecule has 0 N–H and O–H groups in total. The van der Waals surface area contributed by atoms with Gasteiger partial charge in [-0.1, -0.05) is 25.1 Å². The van der Waals surface area contributed by atoms with Crippen molar-refractivity contribution in [2.45, 2.75) is 39.2 Å². The van der Waals surface area contributed by atoms with Gasteiger partial charge < -0.3 is 4.90 Å². The van der Waals surface area contributed by atoms with E-state index < -0.39 is 0 Å². The van der Waals surface area contributed by atoms with Crippen LogP contribution < -0.4 is 0 Å². The summed E-state index contributed by atoms with van der Waals surface area (Å²) in [6.07, 6.45) is 4.18. The second-order valence-corrected chi connectivity index (χ2v) is 7.17. The number of carbonyl (C=O) groups excluding carboxylic acids is 1. The molecule has 2 heterocycles. The van der Waals surface area contributed by atoms with Gasteiger partial charge in [-0.05, 0) is 50.8 Å². The molecule has 1 amide bonds. The maximum Gasteiger partial charge on any atom is 0.225 e. The van der Waals surface area contributed by atoms with Gasteiger partial charge in [-0.3, -0.25) is 9.69 Å². The molecule has 134 valence electrons. The fourth-order valence-electron chi connectivity index (χ4n) is 3.85. The number of nitrogens with zero attached hydrogens (tertiary/aromatic N) is 2. The SMILES string of the molecule is CC1CCCN(C(=O)C2CCN(Cc3ccccc3F)CC2)C1.Cl. The van der Waals surface area contributed by atoms with Crippen LogP contribution in [0.3, 0.4) is 0 Å². The Morgan fingerprint density at radius 1 is 1.17 bits per heavy atom. The molecular formula is C19H28ClFN2O. The Bertz CT molecular complexity index is 546. The first kappa shape index (κ1) is 19.2. The molecule has 2 saturated heterocycles. The summed E-state index contributed by atoms with van der Waals surface area (Å²) in [4.78, 5) is 17.0. The number of carbonyl (C=O) groups is 1. The highest BCUT2D eigenvalue weighted by Crippen LogP contribution is 2.24. The summed E-state index contributed by atoms with van der Waals surface area (Å²) >= 11 is 0. The monoisotopic (exact) mass is 354 g/mol. The standard InChI is InChI=1S/C19H27FN2O.ClH/c1-15-5-4-10-22(13-15)19(23)16-8-11-21(12-9-16)14-17-6-2-3-7-18(17)20;/h2-3,6-7,15-16H,4-5,8-14H2,1H3;1H. The van der Waals surface area contributed by atoms with Crippen molar-refractivity contribution in [1.82, 2.24) is 9.80 Å². The van der Waals surface area contributed by atoms with E-state index in [4.69, 9.17) is 0 Å². The Kier molecular flexibility index (Phi) is 7.05. The minimum Gasteiger partial charge on any atom is -0.342 e. The maximum atomic E-state index is 13.7. The van der Waals surface area contributed by atoms with Gasteiger partial charge in [0.25, 0.3) is 0 Å². The second kappa shape index (κ2) is 8.82. The normalized spacial score (nSPS) is 22.9. The molecule has 1 aromatic carbocycles. The van der Waals surface area contributed by atoms with Crippen molar-refractivity contribution in [2.24, 2.45) is 11.8 Å². The summed E-state index contributed by atoms with van der Waals surface area (Å²) in [6, 6.07) is 6.97. The van der Waals surface area contributed by atoms with Crippen molar-refractivity contribution >= 4 is 18.3 Å². The molecule has 1 unspecified atom stereocenters. The van der Waals surface area contributed by atoms with Gasteiger partial charge >= 0.3 is 0 Å². The molecule has 1 atom stereocenters. The van der Waals surface area contributed by atoms with Crippen LogP contribution in [0.2, 0.25) is 0 Å². The van der Waals surface area contributed by atoms with E-state index in [-0.39, 0.29) is 24.1 Å². The summed E-state index contributed by atoms with van der Waals surface area (Å²) in [7, 11) is 0. The third kappa shape index (κ3) is 4.70. The third-order valence-corrected chi connectivity index (χ3v) is 5.26. The molecule has 0 spiro atoms. The van der Waals surface area contributed by atoms with Crippen LogP contribution in [0.25, 0.3) is 0 Å². The Balaban J connectivity index is 0.00000208. The molecule has 3 rings (SSSR count). The van der Waals surface area contributed by atoms with Crippen LogP contribution in [-0.2, 0) is 11.3 Å². The van der Waals surface area contributed by atoms with Crippen LogP contribution in [0.1, 0.15) is 38.2 Å². The summed E-state index contributed by atoms with van der Waals surface area (Å²) in [5.74, 6) is 1.01. The van der Waals surface area contributed by atoms with E-state index in [0.29, 0.717) is 18.4 Å². The van der Waals surface area contributed by atoms with E-state index in [9.17, 15) is 9.18 Å². The second-order valence-electron chi connectivity index (χ2n) is 7.17. The van der Waals surface area contributed by atoms with Crippen LogP contribution in [0.4, 0.5) is 4.39 Å². The quantitative estimate of drug-likeness (QED) is 0.826. The Labute approximate surface area is 150 Å². The summed E-state index contributed by atoms with van der Waals surface area (Å²) in [5.41, 5.74) is 0.752. The predicted octanol–water partition coefficient (Wildman–Crippen LogP) is 3.72. The molecule has 1 aromatic rings. The van der Waals surface area contributed by atoms with E-state index in [2.05, 4.69) is 16.7 Å². The number of likely N-dealkylation sites (tertiary alicyclic amines) is 2. The largest absolute Gasteiger partial charge is 0.342 e. The molecule has 2 aliphatic heterocycles. The highest BCUT2D eigenvalue weighted by Gasteiger charge is 2.30. The number of hydrogen-bond donors (Lipinski definition) is 0. The van der Waals surface area contributed by atoms with Gasteiger partial charge in [0.15, 0.2) is 0 Å². The number of benzene rings is 1. The molecule has 5 heteroatoms. The van der Waals surface area contributed by atoms with Crippen molar-refractivity contribution in [3.05, 3.63) is 35.6 Å². The third-order valence-electron chi connectivity index (χ3n) is 5.26. The molecule has 0 saturated carbocycles. The number of piperidine rings is 2. The number of rotatable bonds is 3.